The third-order valence-corrected chi connectivity index (χ3v) is 4.60. The molecule has 0 atom stereocenters. The van der Waals surface area contributed by atoms with Crippen LogP contribution in [0.25, 0.3) is 0 Å². The number of imide groups is 1. The highest BCUT2D eigenvalue weighted by molar-refractivity contribution is 6.31. The number of hydrogen-bond acceptors (Lipinski definition) is 3. The van der Waals surface area contributed by atoms with Gasteiger partial charge in [-0.1, -0.05) is 52.0 Å². The minimum atomic E-state index is -0.333. The molecule has 0 bridgehead atoms. The first-order valence-corrected chi connectivity index (χ1v) is 8.94. The minimum absolute atomic E-state index is 0.292. The topological polar surface area (TPSA) is 49.4 Å². The number of hydrogen-bond donors (Lipinski definition) is 1. The lowest BCUT2D eigenvalue weighted by molar-refractivity contribution is -0.120. The molecule has 0 radical (unpaired) electrons. The Labute approximate surface area is 154 Å². The minimum Gasteiger partial charge on any atom is -0.351 e. The van der Waals surface area contributed by atoms with Gasteiger partial charge in [0, 0.05) is 11.8 Å². The molecule has 1 N–H and O–H groups in total. The molecular weight excluding hydrogens is 324 g/mol. The number of carbonyl (C=O) groups is 2. The zero-order chi connectivity index (χ0) is 18.8. The third kappa shape index (κ3) is 3.54. The van der Waals surface area contributed by atoms with Crippen LogP contribution in [0.4, 0.5) is 11.4 Å². The van der Waals surface area contributed by atoms with Gasteiger partial charge in [0.2, 0.25) is 0 Å². The Bertz CT molecular complexity index is 847. The molecule has 1 aliphatic rings. The first-order valence-electron chi connectivity index (χ1n) is 8.94. The van der Waals surface area contributed by atoms with E-state index in [0.717, 1.165) is 5.69 Å². The highest BCUT2D eigenvalue weighted by atomic mass is 16.2. The lowest BCUT2D eigenvalue weighted by Gasteiger charge is -2.16. The largest absolute Gasteiger partial charge is 0.351 e. The van der Waals surface area contributed by atoms with E-state index in [1.165, 1.54) is 22.1 Å². The van der Waals surface area contributed by atoms with Gasteiger partial charge in [0.1, 0.15) is 5.70 Å². The molecule has 0 saturated carbocycles. The summed E-state index contributed by atoms with van der Waals surface area (Å²) in [6, 6.07) is 15.4. The van der Waals surface area contributed by atoms with Crippen LogP contribution in [0, 0.1) is 0 Å². The summed E-state index contributed by atoms with van der Waals surface area (Å²) >= 11 is 0. The molecule has 4 heteroatoms. The van der Waals surface area contributed by atoms with Gasteiger partial charge in [-0.05, 0) is 47.2 Å². The molecule has 0 unspecified atom stereocenters. The van der Waals surface area contributed by atoms with Crippen LogP contribution in [0.3, 0.4) is 0 Å². The van der Waals surface area contributed by atoms with Crippen LogP contribution < -0.4 is 10.2 Å². The van der Waals surface area contributed by atoms with Crippen molar-refractivity contribution in [3.8, 4) is 0 Å². The molecule has 26 heavy (non-hydrogen) atoms. The maximum atomic E-state index is 12.7. The summed E-state index contributed by atoms with van der Waals surface area (Å²) in [5.41, 5.74) is 4.07. The van der Waals surface area contributed by atoms with Crippen molar-refractivity contribution >= 4 is 23.2 Å². The summed E-state index contributed by atoms with van der Waals surface area (Å²) in [6.45, 7) is 8.48. The van der Waals surface area contributed by atoms with Crippen LogP contribution in [0.15, 0.2) is 60.3 Å². The SMILES string of the molecule is CC(C)c1ccc(NC2=CC(=O)N(c3ccc(C(C)C)cc3)C2=O)cc1. The Kier molecular flexibility index (Phi) is 4.94. The lowest BCUT2D eigenvalue weighted by Crippen LogP contribution is -2.31. The summed E-state index contributed by atoms with van der Waals surface area (Å²) in [7, 11) is 0. The molecule has 0 fully saturated rings. The second kappa shape index (κ2) is 7.16. The number of anilines is 2. The smallest absolute Gasteiger partial charge is 0.281 e. The summed E-state index contributed by atoms with van der Waals surface area (Å²) in [5, 5.41) is 3.07. The van der Waals surface area contributed by atoms with Crippen LogP contribution >= 0.6 is 0 Å². The molecule has 0 saturated heterocycles. The van der Waals surface area contributed by atoms with E-state index >= 15 is 0 Å². The van der Waals surface area contributed by atoms with Crippen molar-refractivity contribution in [2.45, 2.75) is 39.5 Å². The van der Waals surface area contributed by atoms with Gasteiger partial charge in [-0.3, -0.25) is 9.59 Å². The number of benzene rings is 2. The maximum Gasteiger partial charge on any atom is 0.281 e. The number of carbonyl (C=O) groups excluding carboxylic acids is 2. The van der Waals surface area contributed by atoms with E-state index < -0.39 is 0 Å². The van der Waals surface area contributed by atoms with E-state index in [4.69, 9.17) is 0 Å². The molecule has 0 aliphatic carbocycles. The monoisotopic (exact) mass is 348 g/mol. The van der Waals surface area contributed by atoms with Crippen molar-refractivity contribution in [3.63, 3.8) is 0 Å². The average Bonchev–Trinajstić information content (AvgIpc) is 2.89. The number of amides is 2. The Morgan fingerprint density at radius 2 is 1.27 bits per heavy atom. The van der Waals surface area contributed by atoms with E-state index in [1.54, 1.807) is 0 Å². The summed E-state index contributed by atoms with van der Waals surface area (Å²) in [5.74, 6) is 0.189. The maximum absolute atomic E-state index is 12.7. The Morgan fingerprint density at radius 1 is 0.769 bits per heavy atom. The van der Waals surface area contributed by atoms with Gasteiger partial charge in [0.25, 0.3) is 11.8 Å². The molecule has 0 aromatic heterocycles. The van der Waals surface area contributed by atoms with Crippen LogP contribution in [-0.2, 0) is 9.59 Å². The van der Waals surface area contributed by atoms with Gasteiger partial charge in [-0.25, -0.2) is 4.90 Å². The zero-order valence-corrected chi connectivity index (χ0v) is 15.6. The highest BCUT2D eigenvalue weighted by Crippen LogP contribution is 2.26. The Morgan fingerprint density at radius 3 is 1.77 bits per heavy atom. The van der Waals surface area contributed by atoms with E-state index in [0.29, 0.717) is 23.2 Å². The molecular formula is C22H24N2O2. The van der Waals surface area contributed by atoms with Crippen LogP contribution in [0.1, 0.15) is 50.7 Å². The quantitative estimate of drug-likeness (QED) is 0.790. The molecule has 1 heterocycles. The van der Waals surface area contributed by atoms with Crippen molar-refractivity contribution in [1.82, 2.24) is 0 Å². The zero-order valence-electron chi connectivity index (χ0n) is 15.6. The summed E-state index contributed by atoms with van der Waals surface area (Å²) in [6.07, 6.45) is 1.36. The predicted molar refractivity (Wildman–Crippen MR) is 105 cm³/mol. The van der Waals surface area contributed by atoms with Crippen LogP contribution in [0.5, 0.6) is 0 Å². The fourth-order valence-corrected chi connectivity index (χ4v) is 2.92. The normalized spacial score (nSPS) is 14.4. The third-order valence-electron chi connectivity index (χ3n) is 4.60. The van der Waals surface area contributed by atoms with Crippen molar-refractivity contribution in [2.75, 3.05) is 10.2 Å². The van der Waals surface area contributed by atoms with Gasteiger partial charge in [0.05, 0.1) is 5.69 Å². The number of nitrogens with one attached hydrogen (secondary N) is 1. The van der Waals surface area contributed by atoms with Gasteiger partial charge >= 0.3 is 0 Å². The van der Waals surface area contributed by atoms with E-state index in [9.17, 15) is 9.59 Å². The first kappa shape index (κ1) is 17.9. The van der Waals surface area contributed by atoms with Crippen molar-refractivity contribution < 1.29 is 9.59 Å². The molecule has 4 nitrogen and oxygen atoms in total. The van der Waals surface area contributed by atoms with Gasteiger partial charge < -0.3 is 5.32 Å². The van der Waals surface area contributed by atoms with E-state index in [1.807, 2.05) is 48.5 Å². The van der Waals surface area contributed by atoms with Gasteiger partial charge in [-0.15, -0.1) is 0 Å². The second-order valence-electron chi connectivity index (χ2n) is 7.18. The highest BCUT2D eigenvalue weighted by Gasteiger charge is 2.32. The molecule has 3 rings (SSSR count). The van der Waals surface area contributed by atoms with Gasteiger partial charge in [-0.2, -0.15) is 0 Å². The van der Waals surface area contributed by atoms with E-state index in [-0.39, 0.29) is 11.8 Å². The first-order chi connectivity index (χ1) is 12.4. The second-order valence-corrected chi connectivity index (χ2v) is 7.18. The molecule has 134 valence electrons. The average molecular weight is 348 g/mol. The predicted octanol–water partition coefficient (Wildman–Crippen LogP) is 4.80. The molecule has 2 amide bonds. The van der Waals surface area contributed by atoms with Gasteiger partial charge in [0.15, 0.2) is 0 Å². The van der Waals surface area contributed by atoms with Crippen molar-refractivity contribution in [2.24, 2.45) is 0 Å². The number of nitrogens with zero attached hydrogens (tertiary/aromatic N) is 1. The molecule has 0 spiro atoms. The fraction of sp³-hybridized carbons (Fsp3) is 0.273. The molecule has 2 aromatic carbocycles. The fourth-order valence-electron chi connectivity index (χ4n) is 2.92. The Hall–Kier alpha value is -2.88. The van der Waals surface area contributed by atoms with E-state index in [2.05, 4.69) is 33.0 Å². The van der Waals surface area contributed by atoms with Crippen molar-refractivity contribution in [1.29, 1.82) is 0 Å². The molecule has 2 aromatic rings. The lowest BCUT2D eigenvalue weighted by atomic mass is 10.0. The number of rotatable bonds is 5. The summed E-state index contributed by atoms with van der Waals surface area (Å²) < 4.78 is 0. The Balaban J connectivity index is 1.76. The van der Waals surface area contributed by atoms with Crippen LogP contribution in [0.2, 0.25) is 0 Å². The summed E-state index contributed by atoms with van der Waals surface area (Å²) in [4.78, 5) is 26.2. The standard InChI is InChI=1S/C22H24N2O2/c1-14(2)16-5-9-18(10-6-16)23-20-13-21(25)24(22(20)26)19-11-7-17(8-12-19)15(3)4/h5-15,23H,1-4H3. The molecule has 1 aliphatic heterocycles. The van der Waals surface area contributed by atoms with Crippen LogP contribution in [-0.4, -0.2) is 11.8 Å². The van der Waals surface area contributed by atoms with Crippen molar-refractivity contribution in [3.05, 3.63) is 71.4 Å².